The average molecular weight is 772 g/mol. The topological polar surface area (TPSA) is 102 Å². The number of aryl methyl sites for hydroxylation is 8. The third kappa shape index (κ3) is 13.6. The molecule has 0 amide bonds. The number of ether oxygens (including phenoxy) is 2. The van der Waals surface area contributed by atoms with Crippen molar-refractivity contribution in [2.45, 2.75) is 60.3 Å². The van der Waals surface area contributed by atoms with E-state index in [-0.39, 0.29) is 5.78 Å². The summed E-state index contributed by atoms with van der Waals surface area (Å²) in [6, 6.07) is 13.9. The lowest BCUT2D eigenvalue weighted by molar-refractivity contribution is 0.101. The van der Waals surface area contributed by atoms with Crippen LogP contribution in [0, 0.1) is 39.0 Å². The molecule has 48 heavy (non-hydrogen) atoms. The van der Waals surface area contributed by atoms with Gasteiger partial charge in [0.2, 0.25) is 0 Å². The van der Waals surface area contributed by atoms with E-state index in [1.165, 1.54) is 0 Å². The monoisotopic (exact) mass is 769 g/mol. The predicted molar refractivity (Wildman–Crippen MR) is 198 cm³/mol. The molecule has 0 spiro atoms. The highest BCUT2D eigenvalue weighted by Gasteiger charge is 2.13. The van der Waals surface area contributed by atoms with E-state index in [4.69, 9.17) is 37.9 Å². The Kier molecular flexibility index (Phi) is 16.7. The molecule has 4 rings (SSSR count). The number of hydrogen-bond acceptors (Lipinski definition) is 7. The Morgan fingerprint density at radius 1 is 0.729 bits per heavy atom. The Bertz CT molecular complexity index is 1830. The molecule has 0 fully saturated rings. The number of halogens is 5. The predicted octanol–water partition coefficient (Wildman–Crippen LogP) is 11.2. The Labute approximate surface area is 307 Å². The SMILES string of the molecule is COc1cc(C)c(Cl)c(CCc2cc(C)cnc2C#N)c1.COc1cc(C)c(Cl)c(CCc2cc(C)cnc2C(C)=O)c1.O=P(Cl)(Cl)Cl. The summed E-state index contributed by atoms with van der Waals surface area (Å²) >= 11 is 26.6. The molecular formula is C35H37Cl5N3O4P. The van der Waals surface area contributed by atoms with E-state index in [1.807, 2.05) is 64.1 Å². The highest BCUT2D eigenvalue weighted by atomic mass is 36.0. The number of rotatable bonds is 9. The van der Waals surface area contributed by atoms with Crippen molar-refractivity contribution < 1.29 is 18.8 Å². The quantitative estimate of drug-likeness (QED) is 0.123. The molecule has 0 atom stereocenters. The van der Waals surface area contributed by atoms with Crippen LogP contribution in [0.3, 0.4) is 0 Å². The molecule has 2 aromatic heterocycles. The van der Waals surface area contributed by atoms with E-state index in [1.54, 1.807) is 33.5 Å². The second-order valence-electron chi connectivity index (χ2n) is 10.9. The van der Waals surface area contributed by atoms with Gasteiger partial charge in [-0.05, 0) is 156 Å². The summed E-state index contributed by atoms with van der Waals surface area (Å²) in [5.74, 6) is 1.59. The Morgan fingerprint density at radius 2 is 1.12 bits per heavy atom. The van der Waals surface area contributed by atoms with E-state index < -0.39 is 5.20 Å². The number of Topliss-reactive ketones (excluding diaryl/α,β-unsaturated/α-hetero) is 1. The third-order valence-electron chi connectivity index (χ3n) is 7.05. The van der Waals surface area contributed by atoms with Crippen LogP contribution in [0.4, 0.5) is 0 Å². The molecule has 0 aliphatic heterocycles. The Balaban J connectivity index is 0.000000293. The number of aromatic nitrogens is 2. The van der Waals surface area contributed by atoms with Gasteiger partial charge in [-0.3, -0.25) is 14.3 Å². The minimum absolute atomic E-state index is 0.0112. The van der Waals surface area contributed by atoms with Gasteiger partial charge in [0.25, 0.3) is 0 Å². The second kappa shape index (κ2) is 19.4. The van der Waals surface area contributed by atoms with Gasteiger partial charge in [0.05, 0.1) is 14.2 Å². The lowest BCUT2D eigenvalue weighted by atomic mass is 9.99. The van der Waals surface area contributed by atoms with Crippen molar-refractivity contribution in [1.82, 2.24) is 9.97 Å². The van der Waals surface area contributed by atoms with Crippen LogP contribution in [0.25, 0.3) is 0 Å². The molecule has 0 aliphatic carbocycles. The zero-order valence-electron chi connectivity index (χ0n) is 27.8. The number of nitrogens with zero attached hydrogens (tertiary/aromatic N) is 3. The molecule has 256 valence electrons. The van der Waals surface area contributed by atoms with Gasteiger partial charge >= 0.3 is 5.20 Å². The van der Waals surface area contributed by atoms with Crippen molar-refractivity contribution in [3.63, 3.8) is 0 Å². The van der Waals surface area contributed by atoms with Crippen LogP contribution >= 0.6 is 62.1 Å². The molecule has 2 aromatic carbocycles. The smallest absolute Gasteiger partial charge is 0.339 e. The molecule has 0 radical (unpaired) electrons. The molecule has 13 heteroatoms. The van der Waals surface area contributed by atoms with Crippen molar-refractivity contribution in [2.75, 3.05) is 14.2 Å². The van der Waals surface area contributed by atoms with Gasteiger partial charge in [-0.25, -0.2) is 4.98 Å². The number of carbonyl (C=O) groups is 1. The summed E-state index contributed by atoms with van der Waals surface area (Å²) in [6.45, 7) is 9.42. The van der Waals surface area contributed by atoms with Crippen LogP contribution in [0.2, 0.25) is 10.0 Å². The van der Waals surface area contributed by atoms with E-state index in [0.717, 1.165) is 91.7 Å². The molecule has 4 aromatic rings. The summed E-state index contributed by atoms with van der Waals surface area (Å²) in [7, 11) is 3.29. The minimum Gasteiger partial charge on any atom is -0.497 e. The number of nitriles is 1. The molecule has 0 saturated carbocycles. The molecule has 7 nitrogen and oxygen atoms in total. The van der Waals surface area contributed by atoms with Crippen molar-refractivity contribution in [3.05, 3.63) is 115 Å². The van der Waals surface area contributed by atoms with E-state index in [2.05, 4.69) is 49.8 Å². The molecule has 2 heterocycles. The minimum atomic E-state index is -3.22. The van der Waals surface area contributed by atoms with Crippen LogP contribution in [0.15, 0.2) is 48.8 Å². The number of carbonyl (C=O) groups excluding carboxylic acids is 1. The molecule has 0 aliphatic rings. The summed E-state index contributed by atoms with van der Waals surface area (Å²) in [5.41, 5.74) is 9.08. The van der Waals surface area contributed by atoms with Crippen LogP contribution in [-0.4, -0.2) is 30.0 Å². The normalized spacial score (nSPS) is 10.6. The summed E-state index contributed by atoms with van der Waals surface area (Å²) in [4.78, 5) is 20.1. The van der Waals surface area contributed by atoms with E-state index >= 15 is 0 Å². The van der Waals surface area contributed by atoms with Crippen LogP contribution in [0.1, 0.15) is 67.6 Å². The average Bonchev–Trinajstić information content (AvgIpc) is 3.01. The molecular weight excluding hydrogens is 735 g/mol. The summed E-state index contributed by atoms with van der Waals surface area (Å²) in [5, 5.41) is 7.42. The van der Waals surface area contributed by atoms with Crippen molar-refractivity contribution in [3.8, 4) is 17.6 Å². The van der Waals surface area contributed by atoms with Gasteiger partial charge in [0.1, 0.15) is 29.0 Å². The number of ketones is 1. The maximum absolute atomic E-state index is 11.7. The zero-order valence-corrected chi connectivity index (χ0v) is 32.4. The first-order valence-electron chi connectivity index (χ1n) is 14.6. The molecule has 0 saturated heterocycles. The van der Waals surface area contributed by atoms with Gasteiger partial charge in [-0.1, -0.05) is 35.3 Å². The highest BCUT2D eigenvalue weighted by molar-refractivity contribution is 8.24. The summed E-state index contributed by atoms with van der Waals surface area (Å²) < 4.78 is 20.1. The lowest BCUT2D eigenvalue weighted by Crippen LogP contribution is -2.05. The van der Waals surface area contributed by atoms with Gasteiger partial charge in [0.15, 0.2) is 5.78 Å². The van der Waals surface area contributed by atoms with Gasteiger partial charge in [0, 0.05) is 29.4 Å². The molecule has 0 unspecified atom stereocenters. The first-order chi connectivity index (χ1) is 22.5. The van der Waals surface area contributed by atoms with Crippen LogP contribution in [0.5, 0.6) is 11.5 Å². The Hall–Kier alpha value is -2.82. The molecule has 0 N–H and O–H groups in total. The van der Waals surface area contributed by atoms with Crippen LogP contribution in [-0.2, 0) is 30.2 Å². The fourth-order valence-electron chi connectivity index (χ4n) is 4.81. The van der Waals surface area contributed by atoms with E-state index in [9.17, 15) is 9.36 Å². The third-order valence-corrected chi connectivity index (χ3v) is 8.13. The number of methoxy groups -OCH3 is 2. The molecule has 0 bridgehead atoms. The standard InChI is InChI=1S/C18H20ClNO2.C17H17ClN2O.Cl3OP/c1-11-7-15(18(13(3)21)20-10-11)6-5-14-9-16(22-4)8-12(2)17(14)19;1-11-6-13(16(9-19)20-10-11)4-5-14-8-15(21-3)7-12(2)17(14)18;1-5(2,3)4/h7-10H,5-6H2,1-4H3;6-8,10H,4-5H2,1-3H3;. The maximum Gasteiger partial charge on any atom is 0.339 e. The van der Waals surface area contributed by atoms with Gasteiger partial charge in [-0.2, -0.15) is 5.26 Å². The first kappa shape index (κ1) is 41.4. The van der Waals surface area contributed by atoms with Gasteiger partial charge < -0.3 is 9.47 Å². The van der Waals surface area contributed by atoms with Crippen LogP contribution < -0.4 is 9.47 Å². The first-order valence-corrected chi connectivity index (χ1v) is 19.8. The van der Waals surface area contributed by atoms with Crippen molar-refractivity contribution >= 4 is 67.9 Å². The van der Waals surface area contributed by atoms with Crippen molar-refractivity contribution in [1.29, 1.82) is 5.26 Å². The number of pyridine rings is 2. The fraction of sp³-hybridized carbons (Fsp3) is 0.314. The number of benzene rings is 2. The Morgan fingerprint density at radius 3 is 1.54 bits per heavy atom. The van der Waals surface area contributed by atoms with E-state index in [0.29, 0.717) is 11.4 Å². The fourth-order valence-corrected chi connectivity index (χ4v) is 5.22. The maximum atomic E-state index is 11.7. The second-order valence-corrected chi connectivity index (χ2v) is 18.3. The largest absolute Gasteiger partial charge is 0.497 e. The lowest BCUT2D eigenvalue weighted by Gasteiger charge is -2.12. The van der Waals surface area contributed by atoms with Crippen molar-refractivity contribution in [2.24, 2.45) is 0 Å². The summed E-state index contributed by atoms with van der Waals surface area (Å²) in [6.07, 6.45) is 6.37. The number of hydrogen-bond donors (Lipinski definition) is 0. The van der Waals surface area contributed by atoms with Gasteiger partial charge in [-0.15, -0.1) is 0 Å². The highest BCUT2D eigenvalue weighted by Crippen LogP contribution is 2.61. The zero-order chi connectivity index (χ0) is 36.2.